The minimum absolute atomic E-state index is 0.0167. The van der Waals surface area contributed by atoms with Crippen LogP contribution in [0.5, 0.6) is 0 Å². The Bertz CT molecular complexity index is 1520. The molecule has 0 amide bonds. The van der Waals surface area contributed by atoms with E-state index in [9.17, 15) is 25.0 Å². The van der Waals surface area contributed by atoms with Crippen molar-refractivity contribution in [3.8, 4) is 5.69 Å². The molecule has 0 aliphatic heterocycles. The number of non-ortho nitro benzene ring substituents is 2. The van der Waals surface area contributed by atoms with Crippen LogP contribution >= 0.6 is 34.2 Å². The summed E-state index contributed by atoms with van der Waals surface area (Å²) < 4.78 is 2.13. The van der Waals surface area contributed by atoms with Crippen LogP contribution in [-0.2, 0) is 0 Å². The van der Waals surface area contributed by atoms with E-state index in [1.165, 1.54) is 34.9 Å². The van der Waals surface area contributed by atoms with Crippen molar-refractivity contribution in [1.82, 2.24) is 9.55 Å². The molecule has 0 aliphatic rings. The molecule has 0 spiro atoms. The topological polar surface area (TPSA) is 121 Å². The van der Waals surface area contributed by atoms with E-state index in [0.29, 0.717) is 16.5 Å². The summed E-state index contributed by atoms with van der Waals surface area (Å²) >= 11 is 8.41. The fourth-order valence-corrected chi connectivity index (χ4v) is 3.94. The zero-order valence-electron chi connectivity index (χ0n) is 16.5. The number of hydrogen-bond donors (Lipinski definition) is 0. The molecular formula is C22H12ClIN4O5. The van der Waals surface area contributed by atoms with E-state index in [1.54, 1.807) is 36.4 Å². The number of fused-ring (bicyclic) bond motifs is 1. The maximum atomic E-state index is 13.4. The lowest BCUT2D eigenvalue weighted by atomic mass is 10.2. The third-order valence-corrected chi connectivity index (χ3v) is 5.74. The van der Waals surface area contributed by atoms with Gasteiger partial charge >= 0.3 is 0 Å². The van der Waals surface area contributed by atoms with Gasteiger partial charge in [0.1, 0.15) is 5.82 Å². The molecule has 0 bridgehead atoms. The summed E-state index contributed by atoms with van der Waals surface area (Å²) in [6.45, 7) is 0. The van der Waals surface area contributed by atoms with Crippen LogP contribution < -0.4 is 5.56 Å². The number of halogens is 2. The highest BCUT2D eigenvalue weighted by molar-refractivity contribution is 14.1. The van der Waals surface area contributed by atoms with E-state index >= 15 is 0 Å². The summed E-state index contributed by atoms with van der Waals surface area (Å²) in [5.41, 5.74) is 0.724. The minimum atomic E-state index is -0.575. The van der Waals surface area contributed by atoms with E-state index in [4.69, 9.17) is 11.6 Å². The lowest BCUT2D eigenvalue weighted by Gasteiger charge is -2.13. The molecule has 0 fully saturated rings. The highest BCUT2D eigenvalue weighted by Crippen LogP contribution is 2.27. The molecular weight excluding hydrogens is 563 g/mol. The third-order valence-electron chi connectivity index (χ3n) is 4.77. The van der Waals surface area contributed by atoms with Crippen LogP contribution in [0, 0.1) is 23.8 Å². The quantitative estimate of drug-likeness (QED) is 0.173. The summed E-state index contributed by atoms with van der Waals surface area (Å²) in [5, 5.41) is 22.3. The summed E-state index contributed by atoms with van der Waals surface area (Å²) in [7, 11) is 0. The second-order valence-corrected chi connectivity index (χ2v) is 8.50. The highest BCUT2D eigenvalue weighted by Gasteiger charge is 2.17. The molecule has 4 aromatic rings. The van der Waals surface area contributed by atoms with Crippen LogP contribution in [0.4, 0.5) is 11.4 Å². The van der Waals surface area contributed by atoms with Crippen LogP contribution in [0.15, 0.2) is 65.5 Å². The lowest BCUT2D eigenvalue weighted by molar-refractivity contribution is -0.385. The van der Waals surface area contributed by atoms with Gasteiger partial charge in [0, 0.05) is 27.8 Å². The first-order chi connectivity index (χ1) is 15.7. The molecule has 4 rings (SSSR count). The van der Waals surface area contributed by atoms with Crippen molar-refractivity contribution in [1.29, 1.82) is 0 Å². The number of nitro benzene ring substituents is 2. The second kappa shape index (κ2) is 9.08. The van der Waals surface area contributed by atoms with Crippen molar-refractivity contribution in [2.45, 2.75) is 0 Å². The Kier molecular flexibility index (Phi) is 6.20. The molecule has 0 atom stereocenters. The van der Waals surface area contributed by atoms with Gasteiger partial charge in [0.2, 0.25) is 0 Å². The number of hydrogen-bond acceptors (Lipinski definition) is 6. The Balaban J connectivity index is 1.91. The summed E-state index contributed by atoms with van der Waals surface area (Å²) in [6.07, 6.45) is 3.23. The Morgan fingerprint density at radius 1 is 0.909 bits per heavy atom. The molecule has 0 saturated heterocycles. The zero-order valence-corrected chi connectivity index (χ0v) is 19.4. The first kappa shape index (κ1) is 22.6. The van der Waals surface area contributed by atoms with Gasteiger partial charge in [-0.25, -0.2) is 4.98 Å². The first-order valence-electron chi connectivity index (χ1n) is 9.34. The molecule has 1 aromatic heterocycles. The standard InChI is InChI=1S/C22H12ClIN4O5/c23-18-12-16(28(32)33)7-9-20(18)26-21(10-3-13-1-5-15(6-2-13)27(30)31)25-19-8-4-14(24)11-17(19)22(26)29/h1-12H/b10-3+. The summed E-state index contributed by atoms with van der Waals surface area (Å²) in [6, 6.07) is 15.0. The average Bonchev–Trinajstić information content (AvgIpc) is 2.79. The van der Waals surface area contributed by atoms with Crippen LogP contribution in [0.25, 0.3) is 28.7 Å². The van der Waals surface area contributed by atoms with Gasteiger partial charge in [-0.15, -0.1) is 0 Å². The number of aromatic nitrogens is 2. The Morgan fingerprint density at radius 3 is 2.21 bits per heavy atom. The van der Waals surface area contributed by atoms with Gasteiger partial charge in [-0.05, 0) is 70.6 Å². The molecule has 9 nitrogen and oxygen atoms in total. The number of nitrogens with zero attached hydrogens (tertiary/aromatic N) is 4. The molecule has 3 aromatic carbocycles. The molecule has 0 saturated carbocycles. The Labute approximate surface area is 204 Å². The van der Waals surface area contributed by atoms with E-state index in [0.717, 1.165) is 3.57 Å². The third kappa shape index (κ3) is 4.61. The SMILES string of the molecule is O=c1c2cc(I)ccc2nc(/C=C/c2ccc([N+](=O)[O-])cc2)n1-c1ccc([N+](=O)[O-])cc1Cl. The van der Waals surface area contributed by atoms with Gasteiger partial charge < -0.3 is 0 Å². The van der Waals surface area contributed by atoms with E-state index < -0.39 is 15.4 Å². The predicted octanol–water partition coefficient (Wildman–Crippen LogP) is 5.63. The van der Waals surface area contributed by atoms with Crippen molar-refractivity contribution in [2.75, 3.05) is 0 Å². The Hall–Kier alpha value is -3.64. The van der Waals surface area contributed by atoms with Gasteiger partial charge in [-0.2, -0.15) is 0 Å². The van der Waals surface area contributed by atoms with Crippen molar-refractivity contribution in [2.24, 2.45) is 0 Å². The molecule has 164 valence electrons. The van der Waals surface area contributed by atoms with E-state index in [2.05, 4.69) is 27.6 Å². The molecule has 0 radical (unpaired) electrons. The first-order valence-corrected chi connectivity index (χ1v) is 10.8. The van der Waals surface area contributed by atoms with Crippen LogP contribution in [-0.4, -0.2) is 19.4 Å². The van der Waals surface area contributed by atoms with Crippen LogP contribution in [0.2, 0.25) is 5.02 Å². The smallest absolute Gasteiger partial charge is 0.268 e. The van der Waals surface area contributed by atoms with E-state index in [-0.39, 0.29) is 27.9 Å². The summed E-state index contributed by atoms with van der Waals surface area (Å²) in [5.74, 6) is 0.239. The van der Waals surface area contributed by atoms with Crippen molar-refractivity contribution >= 4 is 68.6 Å². The fraction of sp³-hybridized carbons (Fsp3) is 0. The van der Waals surface area contributed by atoms with Crippen molar-refractivity contribution in [3.05, 3.63) is 111 Å². The monoisotopic (exact) mass is 574 g/mol. The highest BCUT2D eigenvalue weighted by atomic mass is 127. The summed E-state index contributed by atoms with van der Waals surface area (Å²) in [4.78, 5) is 38.9. The normalized spacial score (nSPS) is 11.2. The van der Waals surface area contributed by atoms with Gasteiger partial charge in [-0.1, -0.05) is 17.7 Å². The zero-order chi connectivity index (χ0) is 23.7. The molecule has 33 heavy (non-hydrogen) atoms. The lowest BCUT2D eigenvalue weighted by Crippen LogP contribution is -2.22. The Morgan fingerprint density at radius 2 is 1.58 bits per heavy atom. The van der Waals surface area contributed by atoms with E-state index in [1.807, 2.05) is 6.07 Å². The van der Waals surface area contributed by atoms with Gasteiger partial charge in [-0.3, -0.25) is 29.6 Å². The van der Waals surface area contributed by atoms with Crippen molar-refractivity contribution < 1.29 is 9.85 Å². The maximum Gasteiger partial charge on any atom is 0.271 e. The van der Waals surface area contributed by atoms with Crippen LogP contribution in [0.1, 0.15) is 11.4 Å². The largest absolute Gasteiger partial charge is 0.271 e. The van der Waals surface area contributed by atoms with Crippen LogP contribution in [0.3, 0.4) is 0 Å². The number of rotatable bonds is 5. The van der Waals surface area contributed by atoms with Gasteiger partial charge in [0.25, 0.3) is 16.9 Å². The minimum Gasteiger partial charge on any atom is -0.268 e. The van der Waals surface area contributed by atoms with Gasteiger partial charge in [0.15, 0.2) is 0 Å². The molecule has 0 aliphatic carbocycles. The fourth-order valence-electron chi connectivity index (χ4n) is 3.19. The van der Waals surface area contributed by atoms with Crippen molar-refractivity contribution in [3.63, 3.8) is 0 Å². The number of benzene rings is 3. The van der Waals surface area contributed by atoms with Gasteiger partial charge in [0.05, 0.1) is 31.5 Å². The maximum absolute atomic E-state index is 13.4. The molecule has 0 unspecified atom stereocenters. The number of nitro groups is 2. The molecule has 1 heterocycles. The molecule has 11 heteroatoms. The average molecular weight is 575 g/mol. The predicted molar refractivity (Wildman–Crippen MR) is 134 cm³/mol. The second-order valence-electron chi connectivity index (χ2n) is 6.85. The molecule has 0 N–H and O–H groups in total.